The molecule has 1 aromatic rings. The molecule has 0 aromatic carbocycles. The van der Waals surface area contributed by atoms with Gasteiger partial charge in [0.25, 0.3) is 0 Å². The number of anilines is 1. The lowest BCUT2D eigenvalue weighted by atomic mass is 9.83. The van der Waals surface area contributed by atoms with E-state index in [2.05, 4.69) is 15.6 Å². The van der Waals surface area contributed by atoms with Gasteiger partial charge in [-0.15, -0.1) is 11.3 Å². The highest BCUT2D eigenvalue weighted by atomic mass is 32.1. The molecule has 0 radical (unpaired) electrons. The minimum Gasteiger partial charge on any atom is -0.317 e. The Morgan fingerprint density at radius 2 is 2.16 bits per heavy atom. The summed E-state index contributed by atoms with van der Waals surface area (Å²) in [5.74, 6) is 1.37. The molecule has 5 heteroatoms. The third-order valence-electron chi connectivity index (χ3n) is 4.21. The maximum atomic E-state index is 11.8. The first kappa shape index (κ1) is 13.1. The lowest BCUT2D eigenvalue weighted by Crippen LogP contribution is -2.26. The number of carbonyl (C=O) groups is 1. The van der Waals surface area contributed by atoms with Crippen molar-refractivity contribution in [2.75, 3.05) is 18.4 Å². The molecule has 1 saturated heterocycles. The summed E-state index contributed by atoms with van der Waals surface area (Å²) in [4.78, 5) is 17.5. The van der Waals surface area contributed by atoms with Gasteiger partial charge in [-0.25, -0.2) is 4.98 Å². The molecule has 1 aromatic heterocycles. The lowest BCUT2D eigenvalue weighted by Gasteiger charge is -2.24. The van der Waals surface area contributed by atoms with Gasteiger partial charge in [0.1, 0.15) is 0 Å². The largest absolute Gasteiger partial charge is 0.317 e. The van der Waals surface area contributed by atoms with Crippen LogP contribution in [0.2, 0.25) is 0 Å². The fourth-order valence-electron chi connectivity index (χ4n) is 2.77. The summed E-state index contributed by atoms with van der Waals surface area (Å²) in [6.45, 7) is 2.18. The van der Waals surface area contributed by atoms with E-state index in [1.54, 1.807) is 11.3 Å². The van der Waals surface area contributed by atoms with Crippen molar-refractivity contribution in [3.05, 3.63) is 11.1 Å². The second kappa shape index (κ2) is 6.01. The number of amides is 1. The van der Waals surface area contributed by atoms with Gasteiger partial charge in [-0.3, -0.25) is 4.79 Å². The zero-order valence-corrected chi connectivity index (χ0v) is 12.0. The van der Waals surface area contributed by atoms with E-state index in [4.69, 9.17) is 0 Å². The standard InChI is InChI=1S/C14H21N3OS/c18-13(8-10-2-1-3-10)17-14-16-9-12(19-14)11-4-6-15-7-5-11/h9-11,15H,1-8H2,(H,16,17,18). The fourth-order valence-corrected chi connectivity index (χ4v) is 3.77. The Labute approximate surface area is 118 Å². The van der Waals surface area contributed by atoms with Crippen molar-refractivity contribution >= 4 is 22.4 Å². The van der Waals surface area contributed by atoms with Crippen LogP contribution >= 0.6 is 11.3 Å². The zero-order chi connectivity index (χ0) is 13.1. The molecule has 2 aliphatic rings. The molecule has 0 spiro atoms. The predicted octanol–water partition coefficient (Wildman–Crippen LogP) is 2.74. The molecular formula is C14H21N3OS. The summed E-state index contributed by atoms with van der Waals surface area (Å²) in [5, 5.41) is 7.10. The number of nitrogens with zero attached hydrogens (tertiary/aromatic N) is 1. The third kappa shape index (κ3) is 3.34. The quantitative estimate of drug-likeness (QED) is 0.891. The highest BCUT2D eigenvalue weighted by Crippen LogP contribution is 2.33. The van der Waals surface area contributed by atoms with Crippen molar-refractivity contribution in [3.8, 4) is 0 Å². The number of carbonyl (C=O) groups excluding carboxylic acids is 1. The van der Waals surface area contributed by atoms with Crippen molar-refractivity contribution < 1.29 is 4.79 Å². The summed E-state index contributed by atoms with van der Waals surface area (Å²) in [5.41, 5.74) is 0. The Balaban J connectivity index is 1.53. The second-order valence-corrected chi connectivity index (χ2v) is 6.70. The normalized spacial score (nSPS) is 21.1. The fraction of sp³-hybridized carbons (Fsp3) is 0.714. The maximum absolute atomic E-state index is 11.8. The number of hydrogen-bond donors (Lipinski definition) is 2. The molecule has 3 rings (SSSR count). The third-order valence-corrected chi connectivity index (χ3v) is 5.29. The first-order chi connectivity index (χ1) is 9.31. The summed E-state index contributed by atoms with van der Waals surface area (Å²) in [6.07, 6.45) is 8.68. The monoisotopic (exact) mass is 279 g/mol. The highest BCUT2D eigenvalue weighted by molar-refractivity contribution is 7.15. The Morgan fingerprint density at radius 3 is 2.84 bits per heavy atom. The highest BCUT2D eigenvalue weighted by Gasteiger charge is 2.22. The van der Waals surface area contributed by atoms with Crippen molar-refractivity contribution in [3.63, 3.8) is 0 Å². The first-order valence-electron chi connectivity index (χ1n) is 7.27. The van der Waals surface area contributed by atoms with E-state index >= 15 is 0 Å². The van der Waals surface area contributed by atoms with Crippen LogP contribution in [0, 0.1) is 5.92 Å². The van der Waals surface area contributed by atoms with E-state index in [0.717, 1.165) is 18.2 Å². The second-order valence-electron chi connectivity index (χ2n) is 5.64. The molecular weight excluding hydrogens is 258 g/mol. The SMILES string of the molecule is O=C(CC1CCC1)Nc1ncc(C2CCNCC2)s1. The first-order valence-corrected chi connectivity index (χ1v) is 8.09. The molecule has 0 bridgehead atoms. The molecule has 1 saturated carbocycles. The van der Waals surface area contributed by atoms with Crippen LogP contribution in [-0.2, 0) is 4.79 Å². The molecule has 2 heterocycles. The van der Waals surface area contributed by atoms with Gasteiger partial charge >= 0.3 is 0 Å². The Kier molecular flexibility index (Phi) is 4.13. The van der Waals surface area contributed by atoms with Crippen LogP contribution < -0.4 is 10.6 Å². The number of thiazole rings is 1. The van der Waals surface area contributed by atoms with Gasteiger partial charge in [0.05, 0.1) is 0 Å². The van der Waals surface area contributed by atoms with Gasteiger partial charge in [-0.2, -0.15) is 0 Å². The van der Waals surface area contributed by atoms with E-state index in [-0.39, 0.29) is 5.91 Å². The van der Waals surface area contributed by atoms with E-state index in [0.29, 0.717) is 18.3 Å². The van der Waals surface area contributed by atoms with Crippen LogP contribution in [0.5, 0.6) is 0 Å². The average molecular weight is 279 g/mol. The summed E-state index contributed by atoms with van der Waals surface area (Å²) < 4.78 is 0. The summed E-state index contributed by atoms with van der Waals surface area (Å²) in [7, 11) is 0. The molecule has 2 N–H and O–H groups in total. The molecule has 1 aliphatic carbocycles. The molecule has 0 atom stereocenters. The van der Waals surface area contributed by atoms with Crippen molar-refractivity contribution in [2.24, 2.45) is 5.92 Å². The number of aromatic nitrogens is 1. The van der Waals surface area contributed by atoms with Crippen LogP contribution in [0.25, 0.3) is 0 Å². The molecule has 4 nitrogen and oxygen atoms in total. The van der Waals surface area contributed by atoms with Crippen LogP contribution in [0.3, 0.4) is 0 Å². The number of nitrogens with one attached hydrogen (secondary N) is 2. The number of rotatable bonds is 4. The van der Waals surface area contributed by atoms with E-state index in [1.807, 2.05) is 6.20 Å². The van der Waals surface area contributed by atoms with E-state index < -0.39 is 0 Å². The smallest absolute Gasteiger partial charge is 0.226 e. The molecule has 1 amide bonds. The average Bonchev–Trinajstić information content (AvgIpc) is 2.83. The molecule has 1 aliphatic heterocycles. The van der Waals surface area contributed by atoms with Gasteiger partial charge in [0.2, 0.25) is 5.91 Å². The van der Waals surface area contributed by atoms with Crippen LogP contribution in [0.15, 0.2) is 6.20 Å². The molecule has 0 unspecified atom stereocenters. The van der Waals surface area contributed by atoms with Gasteiger partial charge in [-0.1, -0.05) is 6.42 Å². The molecule has 104 valence electrons. The van der Waals surface area contributed by atoms with Gasteiger partial charge in [-0.05, 0) is 50.6 Å². The number of hydrogen-bond acceptors (Lipinski definition) is 4. The van der Waals surface area contributed by atoms with Crippen molar-refractivity contribution in [1.29, 1.82) is 0 Å². The number of piperidine rings is 1. The van der Waals surface area contributed by atoms with Gasteiger partial charge < -0.3 is 10.6 Å². The minimum atomic E-state index is 0.135. The minimum absolute atomic E-state index is 0.135. The topological polar surface area (TPSA) is 54.0 Å². The Morgan fingerprint density at radius 1 is 1.37 bits per heavy atom. The lowest BCUT2D eigenvalue weighted by molar-refractivity contribution is -0.117. The molecule has 19 heavy (non-hydrogen) atoms. The van der Waals surface area contributed by atoms with Crippen molar-refractivity contribution in [2.45, 2.75) is 44.4 Å². The van der Waals surface area contributed by atoms with E-state index in [1.165, 1.54) is 37.0 Å². The van der Waals surface area contributed by atoms with Gasteiger partial charge in [0.15, 0.2) is 5.13 Å². The zero-order valence-electron chi connectivity index (χ0n) is 11.2. The van der Waals surface area contributed by atoms with Crippen molar-refractivity contribution in [1.82, 2.24) is 10.3 Å². The van der Waals surface area contributed by atoms with Crippen LogP contribution in [0.4, 0.5) is 5.13 Å². The maximum Gasteiger partial charge on any atom is 0.226 e. The van der Waals surface area contributed by atoms with E-state index in [9.17, 15) is 4.79 Å². The predicted molar refractivity (Wildman–Crippen MR) is 77.5 cm³/mol. The summed E-state index contributed by atoms with van der Waals surface area (Å²) >= 11 is 1.65. The summed E-state index contributed by atoms with van der Waals surface area (Å²) in [6, 6.07) is 0. The molecule has 2 fully saturated rings. The van der Waals surface area contributed by atoms with Gasteiger partial charge in [0, 0.05) is 17.5 Å². The van der Waals surface area contributed by atoms with Crippen LogP contribution in [0.1, 0.15) is 49.3 Å². The Hall–Kier alpha value is -0.940. The van der Waals surface area contributed by atoms with Crippen LogP contribution in [-0.4, -0.2) is 24.0 Å². The Bertz CT molecular complexity index is 436.